The van der Waals surface area contributed by atoms with Gasteiger partial charge < -0.3 is 35.4 Å². The number of nitrogens with zero attached hydrogens (tertiary/aromatic N) is 6. The van der Waals surface area contributed by atoms with Gasteiger partial charge in [-0.25, -0.2) is 13.6 Å². The Hall–Kier alpha value is -6.44. The number of urea groups is 1. The van der Waals surface area contributed by atoms with Crippen molar-refractivity contribution < 1.29 is 42.3 Å². The van der Waals surface area contributed by atoms with E-state index >= 15 is 0 Å². The molecule has 2 aromatic rings. The Labute approximate surface area is 381 Å². The second kappa shape index (κ2) is 19.2. The molecule has 0 bridgehead atoms. The summed E-state index contributed by atoms with van der Waals surface area (Å²) in [4.78, 5) is 82.5. The van der Waals surface area contributed by atoms with E-state index in [1.807, 2.05) is 15.9 Å². The van der Waals surface area contributed by atoms with E-state index in [1.54, 1.807) is 54.3 Å². The predicted molar refractivity (Wildman–Crippen MR) is 238 cm³/mol. The number of rotatable bonds is 13. The van der Waals surface area contributed by atoms with E-state index in [9.17, 15) is 43.0 Å². The van der Waals surface area contributed by atoms with E-state index in [2.05, 4.69) is 33.3 Å². The van der Waals surface area contributed by atoms with Gasteiger partial charge in [-0.15, -0.1) is 0 Å². The highest BCUT2D eigenvalue weighted by atomic mass is 19.3. The molecule has 3 unspecified atom stereocenters. The number of alkyl halides is 2. The number of carbonyl (C=O) groups is 6. The molecular weight excluding hydrogens is 857 g/mol. The predicted octanol–water partition coefficient (Wildman–Crippen LogP) is 3.26. The Kier molecular flexibility index (Phi) is 13.4. The molecule has 5 aliphatic heterocycles. The van der Waals surface area contributed by atoms with Crippen LogP contribution in [0.25, 0.3) is 5.57 Å². The number of amides is 7. The number of aryl methyl sites for hydroxylation is 1. The molecule has 3 atom stereocenters. The topological polar surface area (TPSA) is 214 Å². The Bertz CT molecular complexity index is 2410. The summed E-state index contributed by atoms with van der Waals surface area (Å²) >= 11 is 0. The van der Waals surface area contributed by atoms with Gasteiger partial charge in [0.05, 0.1) is 49.5 Å². The van der Waals surface area contributed by atoms with Crippen molar-refractivity contribution in [3.63, 3.8) is 0 Å². The quantitative estimate of drug-likeness (QED) is 0.0852. The van der Waals surface area contributed by atoms with Crippen molar-refractivity contribution in [3.8, 4) is 0 Å². The average molecular weight is 914 g/mol. The highest BCUT2D eigenvalue weighted by Gasteiger charge is 2.46. The number of likely N-dealkylation sites (tertiary alicyclic amines) is 2. The molecule has 3 fully saturated rings. The smallest absolute Gasteiger partial charge is 0.317 e. The van der Waals surface area contributed by atoms with E-state index in [0.717, 1.165) is 23.4 Å². The third-order valence-electron chi connectivity index (χ3n) is 13.6. The summed E-state index contributed by atoms with van der Waals surface area (Å²) in [6.45, 7) is 5.12. The zero-order chi connectivity index (χ0) is 46.9. The lowest BCUT2D eigenvalue weighted by Crippen LogP contribution is -2.55. The van der Waals surface area contributed by atoms with E-state index in [4.69, 9.17) is 4.74 Å². The largest absolute Gasteiger partial charge is 0.385 e. The third kappa shape index (κ3) is 9.32. The van der Waals surface area contributed by atoms with Gasteiger partial charge in [0.1, 0.15) is 11.9 Å². The minimum absolute atomic E-state index is 0.0190. The monoisotopic (exact) mass is 913 g/mol. The van der Waals surface area contributed by atoms with E-state index < -0.39 is 47.6 Å². The maximum atomic E-state index is 14.7. The molecule has 0 radical (unpaired) electrons. The molecule has 0 saturated carbocycles. The van der Waals surface area contributed by atoms with Crippen molar-refractivity contribution >= 4 is 52.7 Å². The lowest BCUT2D eigenvalue weighted by molar-refractivity contribution is -0.136. The number of ether oxygens (including phenoxy) is 1. The first kappa shape index (κ1) is 46.1. The fraction of sp³-hybridized carbons (Fsp3) is 0.522. The number of amidine groups is 1. The number of hydrogen-bond donors (Lipinski definition) is 5. The van der Waals surface area contributed by atoms with Crippen LogP contribution in [0.3, 0.4) is 0 Å². The normalized spacial score (nSPS) is 23.7. The molecule has 8 rings (SSSR count). The highest BCUT2D eigenvalue weighted by Crippen LogP contribution is 2.47. The Morgan fingerprint density at radius 2 is 1.79 bits per heavy atom. The Morgan fingerprint density at radius 3 is 2.50 bits per heavy atom. The number of nitrogens with one attached hydrogen (secondary N) is 5. The first-order valence-corrected chi connectivity index (χ1v) is 22.6. The molecule has 7 amide bonds. The van der Waals surface area contributed by atoms with Crippen LogP contribution >= 0.6 is 0 Å². The molecule has 5 N–H and O–H groups in total. The number of imide groups is 2. The van der Waals surface area contributed by atoms with Crippen LogP contribution in [0, 0.1) is 10.8 Å². The van der Waals surface area contributed by atoms with Crippen LogP contribution in [0.1, 0.15) is 84.6 Å². The van der Waals surface area contributed by atoms with Gasteiger partial charge in [0.15, 0.2) is 0 Å². The number of hydrogen-bond acceptors (Lipinski definition) is 11. The Balaban J connectivity index is 0.830. The molecule has 352 valence electrons. The van der Waals surface area contributed by atoms with Crippen LogP contribution in [-0.4, -0.2) is 155 Å². The maximum absolute atomic E-state index is 14.7. The number of benzene rings is 1. The molecular formula is C46H57F2N11O7. The van der Waals surface area contributed by atoms with E-state index in [1.165, 1.54) is 6.07 Å². The molecule has 6 aliphatic rings. The molecule has 20 heteroatoms. The summed E-state index contributed by atoms with van der Waals surface area (Å²) in [7, 11) is 3.32. The van der Waals surface area contributed by atoms with Crippen LogP contribution < -0.4 is 21.3 Å². The number of halogens is 2. The summed E-state index contributed by atoms with van der Waals surface area (Å²) in [5.41, 5.74) is 2.96. The number of fused-ring (bicyclic) bond motifs is 2. The first-order chi connectivity index (χ1) is 31.6. The molecule has 66 heavy (non-hydrogen) atoms. The lowest BCUT2D eigenvalue weighted by atomic mass is 9.68. The number of anilines is 1. The molecule has 1 aliphatic carbocycles. The van der Waals surface area contributed by atoms with Gasteiger partial charge in [0, 0.05) is 105 Å². The minimum atomic E-state index is -2.72. The second-order valence-corrected chi connectivity index (χ2v) is 18.0. The average Bonchev–Trinajstić information content (AvgIpc) is 3.85. The van der Waals surface area contributed by atoms with Gasteiger partial charge in [0.2, 0.25) is 17.7 Å². The lowest BCUT2D eigenvalue weighted by Gasteiger charge is -2.50. The molecule has 1 aromatic carbocycles. The molecule has 3 saturated heterocycles. The fourth-order valence-corrected chi connectivity index (χ4v) is 10.1. The van der Waals surface area contributed by atoms with Gasteiger partial charge in [-0.1, -0.05) is 19.1 Å². The van der Waals surface area contributed by atoms with Crippen molar-refractivity contribution in [2.24, 2.45) is 12.5 Å². The summed E-state index contributed by atoms with van der Waals surface area (Å²) < 4.78 is 36.8. The van der Waals surface area contributed by atoms with Crippen LogP contribution in [-0.2, 0) is 26.2 Å². The van der Waals surface area contributed by atoms with Crippen LogP contribution in [0.2, 0.25) is 0 Å². The van der Waals surface area contributed by atoms with Crippen molar-refractivity contribution in [1.82, 2.24) is 45.3 Å². The summed E-state index contributed by atoms with van der Waals surface area (Å²) in [5, 5.41) is 25.6. The van der Waals surface area contributed by atoms with Crippen LogP contribution in [0.4, 0.5) is 19.3 Å². The van der Waals surface area contributed by atoms with E-state index in [-0.39, 0.29) is 79.5 Å². The van der Waals surface area contributed by atoms with Crippen molar-refractivity contribution in [2.45, 2.75) is 82.8 Å². The maximum Gasteiger partial charge on any atom is 0.317 e. The van der Waals surface area contributed by atoms with Crippen LogP contribution in [0.15, 0.2) is 59.6 Å². The highest BCUT2D eigenvalue weighted by molar-refractivity contribution is 6.23. The Morgan fingerprint density at radius 1 is 1.02 bits per heavy atom. The van der Waals surface area contributed by atoms with Gasteiger partial charge in [-0.3, -0.25) is 44.3 Å². The zero-order valence-corrected chi connectivity index (χ0v) is 37.5. The zero-order valence-electron chi connectivity index (χ0n) is 37.5. The summed E-state index contributed by atoms with van der Waals surface area (Å²) in [5.74, 6) is -2.08. The molecule has 1 aromatic heterocycles. The van der Waals surface area contributed by atoms with E-state index in [0.29, 0.717) is 74.4 Å². The standard InChI is InChI=1S/C46H57F2N11O7/c1-46-13-4-15-58(37(46)22-31(40(47)48)33(23-46)27-24-52-55(3)25-27)41(49)34-26-57(45(65)50-2)18-11-35(34)53-28-9-16-56(17-10-28)39(61)12-19-66-20-14-51-29-5-6-30-32(21-29)44(64)59(43(30)63)36-7-8-38(60)54-42(36)62/h5-6,21-25,28,36-37,40,49,51,53H,4,7-20,26H2,1-3H3,(H,50,65)(H,54,60,62). The summed E-state index contributed by atoms with van der Waals surface area (Å²) in [6.07, 6.45) is 7.86. The fourth-order valence-electron chi connectivity index (χ4n) is 10.1. The third-order valence-corrected chi connectivity index (χ3v) is 13.6. The van der Waals surface area contributed by atoms with Gasteiger partial charge in [-0.2, -0.15) is 5.10 Å². The number of carbonyl (C=O) groups excluding carboxylic acids is 6. The van der Waals surface area contributed by atoms with Gasteiger partial charge in [0.25, 0.3) is 18.2 Å². The van der Waals surface area contributed by atoms with Crippen LogP contribution in [0.5, 0.6) is 0 Å². The number of piperidine rings is 3. The van der Waals surface area contributed by atoms with Crippen molar-refractivity contribution in [2.75, 3.05) is 64.8 Å². The second-order valence-electron chi connectivity index (χ2n) is 18.0. The van der Waals surface area contributed by atoms with Crippen molar-refractivity contribution in [3.05, 3.63) is 76.3 Å². The van der Waals surface area contributed by atoms with Gasteiger partial charge >= 0.3 is 6.03 Å². The SMILES string of the molecule is CNC(=O)N1CCC(NC2CCN(C(=O)CCOCCNc3ccc4c(c3)C(=O)N(C3CCC(=O)NC3=O)C4=O)CC2)=C(C(=N)N2CCCC3(C)C=C(c4cnn(C)c4)C(C(F)F)=CC23)C1. The first-order valence-electron chi connectivity index (χ1n) is 22.6. The molecule has 18 nitrogen and oxygen atoms in total. The molecule has 6 heterocycles. The van der Waals surface area contributed by atoms with Gasteiger partial charge in [-0.05, 0) is 55.9 Å². The van der Waals surface area contributed by atoms with Crippen molar-refractivity contribution in [1.29, 1.82) is 5.41 Å². The number of aromatic nitrogens is 2. The summed E-state index contributed by atoms with van der Waals surface area (Å²) in [6, 6.07) is 2.99. The number of allylic oxidation sites excluding steroid dienone is 2. The molecule has 0 spiro atoms. The minimum Gasteiger partial charge on any atom is -0.385 e.